The summed E-state index contributed by atoms with van der Waals surface area (Å²) in [6.07, 6.45) is 8.76. The molecule has 0 spiro atoms. The summed E-state index contributed by atoms with van der Waals surface area (Å²) in [7, 11) is 4.03. The van der Waals surface area contributed by atoms with E-state index in [2.05, 4.69) is 65.2 Å². The van der Waals surface area contributed by atoms with E-state index >= 15 is 0 Å². The summed E-state index contributed by atoms with van der Waals surface area (Å²) in [6.45, 7) is 0. The van der Waals surface area contributed by atoms with Gasteiger partial charge in [0.15, 0.2) is 0 Å². The highest BCUT2D eigenvalue weighted by molar-refractivity contribution is 5.90. The molecule has 1 unspecified atom stereocenters. The van der Waals surface area contributed by atoms with Crippen molar-refractivity contribution < 1.29 is 4.79 Å². The molecule has 4 aromatic rings. The monoisotopic (exact) mass is 547 g/mol. The Hall–Kier alpha value is -3.93. The second kappa shape index (κ2) is 12.3. The molecular weight excluding hydrogens is 506 g/mol. The van der Waals surface area contributed by atoms with Crippen LogP contribution in [0.4, 0.5) is 11.8 Å². The summed E-state index contributed by atoms with van der Waals surface area (Å²) < 4.78 is 0. The van der Waals surface area contributed by atoms with Gasteiger partial charge in [-0.3, -0.25) is 4.79 Å². The number of anilines is 2. The molecular formula is C35H41N5O. The average molecular weight is 548 g/mol. The van der Waals surface area contributed by atoms with Crippen molar-refractivity contribution in [2.24, 2.45) is 0 Å². The second-order valence-electron chi connectivity index (χ2n) is 12.0. The SMILES string of the molecule is CN(C)c1nc(N[C@H]2CC[C@@H](NC(=O)CC3CCc4ccc(CCc5ccccc5)cc43)CC2)nc2ccccc12. The maximum Gasteiger partial charge on any atom is 0.225 e. The predicted molar refractivity (Wildman–Crippen MR) is 168 cm³/mol. The molecule has 1 aromatic heterocycles. The summed E-state index contributed by atoms with van der Waals surface area (Å²) in [6, 6.07) is 26.3. The van der Waals surface area contributed by atoms with E-state index in [0.717, 1.165) is 68.1 Å². The van der Waals surface area contributed by atoms with E-state index in [1.165, 1.54) is 22.3 Å². The van der Waals surface area contributed by atoms with E-state index in [1.807, 2.05) is 37.2 Å². The molecule has 2 N–H and O–H groups in total. The van der Waals surface area contributed by atoms with E-state index in [1.54, 1.807) is 0 Å². The Morgan fingerprint density at radius 1 is 0.829 bits per heavy atom. The molecule has 1 heterocycles. The minimum Gasteiger partial charge on any atom is -0.362 e. The third-order valence-corrected chi connectivity index (χ3v) is 8.82. The van der Waals surface area contributed by atoms with Crippen molar-refractivity contribution in [3.05, 3.63) is 95.1 Å². The molecule has 1 fully saturated rings. The maximum absolute atomic E-state index is 13.1. The van der Waals surface area contributed by atoms with Crippen molar-refractivity contribution >= 4 is 28.6 Å². The highest BCUT2D eigenvalue weighted by Crippen LogP contribution is 2.36. The van der Waals surface area contributed by atoms with Gasteiger partial charge in [-0.25, -0.2) is 4.98 Å². The standard InChI is InChI=1S/C35H41N5O/c1-40(2)34-30-10-6-7-11-32(30)38-35(39-34)37-29-20-18-28(19-21-29)36-33(41)23-27-17-16-26-15-14-25(22-31(26)27)13-12-24-8-4-3-5-9-24/h3-11,14-15,22,27-29H,12-13,16-21,23H2,1-2H3,(H,36,41)(H,37,38,39)/t27?,28-,29+. The van der Waals surface area contributed by atoms with Crippen LogP contribution in [0.3, 0.4) is 0 Å². The Balaban J connectivity index is 1.00. The minimum absolute atomic E-state index is 0.197. The normalized spacial score (nSPS) is 20.0. The van der Waals surface area contributed by atoms with Crippen LogP contribution >= 0.6 is 0 Å². The van der Waals surface area contributed by atoms with Crippen LogP contribution in [0.25, 0.3) is 10.9 Å². The van der Waals surface area contributed by atoms with E-state index in [-0.39, 0.29) is 11.9 Å². The van der Waals surface area contributed by atoms with E-state index in [9.17, 15) is 4.79 Å². The fraction of sp³-hybridized carbons (Fsp3) is 0.400. The van der Waals surface area contributed by atoms with Crippen molar-refractivity contribution in [1.29, 1.82) is 0 Å². The zero-order valence-electron chi connectivity index (χ0n) is 24.3. The third-order valence-electron chi connectivity index (χ3n) is 8.82. The second-order valence-corrected chi connectivity index (χ2v) is 12.0. The summed E-state index contributed by atoms with van der Waals surface area (Å²) >= 11 is 0. The summed E-state index contributed by atoms with van der Waals surface area (Å²) in [4.78, 5) is 24.7. The molecule has 212 valence electrons. The van der Waals surface area contributed by atoms with Gasteiger partial charge in [0.1, 0.15) is 5.82 Å². The Morgan fingerprint density at radius 3 is 2.37 bits per heavy atom. The zero-order chi connectivity index (χ0) is 28.2. The first-order valence-corrected chi connectivity index (χ1v) is 15.2. The number of carbonyl (C=O) groups excluding carboxylic acids is 1. The van der Waals surface area contributed by atoms with Gasteiger partial charge in [-0.1, -0.05) is 60.7 Å². The fourth-order valence-corrected chi connectivity index (χ4v) is 6.58. The van der Waals surface area contributed by atoms with Gasteiger partial charge in [0.2, 0.25) is 11.9 Å². The molecule has 1 saturated carbocycles. The molecule has 2 aliphatic rings. The summed E-state index contributed by atoms with van der Waals surface area (Å²) in [5.41, 5.74) is 6.51. The van der Waals surface area contributed by atoms with Crippen molar-refractivity contribution in [2.45, 2.75) is 75.8 Å². The lowest BCUT2D eigenvalue weighted by molar-refractivity contribution is -0.122. The molecule has 0 bridgehead atoms. The number of nitrogens with zero attached hydrogens (tertiary/aromatic N) is 3. The molecule has 2 aliphatic carbocycles. The number of nitrogens with one attached hydrogen (secondary N) is 2. The van der Waals surface area contributed by atoms with E-state index in [0.29, 0.717) is 24.3 Å². The summed E-state index contributed by atoms with van der Waals surface area (Å²) in [5.74, 6) is 2.14. The number of hydrogen-bond acceptors (Lipinski definition) is 5. The first-order chi connectivity index (χ1) is 20.0. The molecule has 0 radical (unpaired) electrons. The van der Waals surface area contributed by atoms with Crippen molar-refractivity contribution in [2.75, 3.05) is 24.3 Å². The van der Waals surface area contributed by atoms with Gasteiger partial charge in [0.05, 0.1) is 5.52 Å². The van der Waals surface area contributed by atoms with Gasteiger partial charge in [0.25, 0.3) is 0 Å². The van der Waals surface area contributed by atoms with Gasteiger partial charge in [-0.05, 0) is 91.7 Å². The number of fused-ring (bicyclic) bond motifs is 2. The number of carbonyl (C=O) groups is 1. The first kappa shape index (κ1) is 27.3. The number of aromatic nitrogens is 2. The lowest BCUT2D eigenvalue weighted by atomic mass is 9.90. The van der Waals surface area contributed by atoms with Crippen molar-refractivity contribution in [3.63, 3.8) is 0 Å². The highest BCUT2D eigenvalue weighted by atomic mass is 16.1. The number of amides is 1. The lowest BCUT2D eigenvalue weighted by Crippen LogP contribution is -2.40. The quantitative estimate of drug-likeness (QED) is 0.252. The van der Waals surface area contributed by atoms with Crippen LogP contribution in [0.5, 0.6) is 0 Å². The molecule has 0 saturated heterocycles. The predicted octanol–water partition coefficient (Wildman–Crippen LogP) is 6.44. The topological polar surface area (TPSA) is 70.2 Å². The minimum atomic E-state index is 0.197. The Labute approximate surface area is 243 Å². The molecule has 1 atom stereocenters. The van der Waals surface area contributed by atoms with Gasteiger partial charge < -0.3 is 15.5 Å². The van der Waals surface area contributed by atoms with Crippen molar-refractivity contribution in [1.82, 2.24) is 15.3 Å². The first-order valence-electron chi connectivity index (χ1n) is 15.2. The average Bonchev–Trinajstić information content (AvgIpc) is 3.38. The number of rotatable bonds is 9. The van der Waals surface area contributed by atoms with Crippen LogP contribution in [0.1, 0.15) is 66.7 Å². The Morgan fingerprint density at radius 2 is 1.56 bits per heavy atom. The highest BCUT2D eigenvalue weighted by Gasteiger charge is 2.28. The number of hydrogen-bond donors (Lipinski definition) is 2. The molecule has 6 rings (SSSR count). The molecule has 0 aliphatic heterocycles. The molecule has 1 amide bonds. The van der Waals surface area contributed by atoms with Gasteiger partial charge >= 0.3 is 0 Å². The molecule has 6 heteroatoms. The summed E-state index contributed by atoms with van der Waals surface area (Å²) in [5, 5.41) is 8.00. The van der Waals surface area contributed by atoms with Gasteiger partial charge in [0, 0.05) is 38.0 Å². The van der Waals surface area contributed by atoms with Crippen LogP contribution in [-0.4, -0.2) is 42.1 Å². The number of benzene rings is 3. The van der Waals surface area contributed by atoms with E-state index < -0.39 is 0 Å². The van der Waals surface area contributed by atoms with Crippen LogP contribution in [0.2, 0.25) is 0 Å². The lowest BCUT2D eigenvalue weighted by Gasteiger charge is -2.30. The number of para-hydroxylation sites is 1. The maximum atomic E-state index is 13.1. The fourth-order valence-electron chi connectivity index (χ4n) is 6.58. The Bertz CT molecular complexity index is 1490. The third kappa shape index (κ3) is 6.53. The molecule has 3 aromatic carbocycles. The van der Waals surface area contributed by atoms with Crippen LogP contribution in [0, 0.1) is 0 Å². The largest absolute Gasteiger partial charge is 0.362 e. The van der Waals surface area contributed by atoms with Gasteiger partial charge in [-0.15, -0.1) is 0 Å². The smallest absolute Gasteiger partial charge is 0.225 e. The zero-order valence-corrected chi connectivity index (χ0v) is 24.3. The van der Waals surface area contributed by atoms with Crippen molar-refractivity contribution in [3.8, 4) is 0 Å². The molecule has 6 nitrogen and oxygen atoms in total. The van der Waals surface area contributed by atoms with Crippen LogP contribution in [0.15, 0.2) is 72.8 Å². The van der Waals surface area contributed by atoms with Crippen LogP contribution in [-0.2, 0) is 24.1 Å². The van der Waals surface area contributed by atoms with Crippen LogP contribution < -0.4 is 15.5 Å². The number of aryl methyl sites for hydroxylation is 3. The van der Waals surface area contributed by atoms with Gasteiger partial charge in [-0.2, -0.15) is 4.98 Å². The molecule has 41 heavy (non-hydrogen) atoms. The van der Waals surface area contributed by atoms with E-state index in [4.69, 9.17) is 9.97 Å². The Kier molecular flexibility index (Phi) is 8.17.